The van der Waals surface area contributed by atoms with E-state index >= 15 is 0 Å². The maximum Gasteiger partial charge on any atom is 0.317 e. The zero-order valence-corrected chi connectivity index (χ0v) is 7.13. The summed E-state index contributed by atoms with van der Waals surface area (Å²) >= 11 is 0.517. The molecule has 0 radical (unpaired) electrons. The number of carboxylic acid groups (broad SMARTS) is 2. The van der Waals surface area contributed by atoms with Gasteiger partial charge in [0.1, 0.15) is 5.25 Å². The first kappa shape index (κ1) is 11.0. The molecule has 0 fully saturated rings. The van der Waals surface area contributed by atoms with Gasteiger partial charge in [-0.05, 0) is 0 Å². The molecule has 0 saturated carbocycles. The second-order valence-corrected chi connectivity index (χ2v) is 3.41. The topological polar surface area (TPSA) is 91.7 Å². The minimum absolute atomic E-state index is 0.399. The van der Waals surface area contributed by atoms with Gasteiger partial charge >= 0.3 is 11.9 Å². The van der Waals surface area contributed by atoms with Gasteiger partial charge in [-0.2, -0.15) is 0 Å². The summed E-state index contributed by atoms with van der Waals surface area (Å²) in [6.45, 7) is 1.20. The van der Waals surface area contributed by atoms with Crippen LogP contribution in [0.3, 0.4) is 0 Å². The first-order valence-corrected chi connectivity index (χ1v) is 3.93. The van der Waals surface area contributed by atoms with Gasteiger partial charge in [-0.25, -0.2) is 0 Å². The third-order valence-corrected chi connectivity index (χ3v) is 1.93. The lowest BCUT2D eigenvalue weighted by Crippen LogP contribution is -2.21. The third-order valence-electron chi connectivity index (χ3n) is 0.944. The summed E-state index contributed by atoms with van der Waals surface area (Å²) in [7, 11) is 0. The van der Waals surface area contributed by atoms with Crippen LogP contribution in [-0.4, -0.2) is 32.5 Å². The number of hydrogen-bond donors (Lipinski definition) is 2. The van der Waals surface area contributed by atoms with Gasteiger partial charge in [-0.1, -0.05) is 11.8 Å². The van der Waals surface area contributed by atoms with Crippen LogP contribution in [0.25, 0.3) is 0 Å². The average molecular weight is 192 g/mol. The first-order valence-electron chi connectivity index (χ1n) is 3.05. The van der Waals surface area contributed by atoms with E-state index in [9.17, 15) is 14.4 Å². The van der Waals surface area contributed by atoms with Crippen molar-refractivity contribution in [3.8, 4) is 0 Å². The lowest BCUT2D eigenvalue weighted by Gasteiger charge is -2.05. The summed E-state index contributed by atoms with van der Waals surface area (Å²) in [5, 5.41) is 15.1. The molecule has 5 nitrogen and oxygen atoms in total. The molecule has 1 atom stereocenters. The van der Waals surface area contributed by atoms with Crippen molar-refractivity contribution in [3.05, 3.63) is 0 Å². The van der Waals surface area contributed by atoms with Crippen LogP contribution < -0.4 is 0 Å². The lowest BCUT2D eigenvalue weighted by molar-refractivity contribution is -0.143. The molecule has 2 N–H and O–H groups in total. The molecule has 0 aromatic carbocycles. The Morgan fingerprint density at radius 3 is 2.08 bits per heavy atom. The highest BCUT2D eigenvalue weighted by molar-refractivity contribution is 8.14. The molecule has 0 aromatic rings. The van der Waals surface area contributed by atoms with E-state index in [1.54, 1.807) is 0 Å². The monoisotopic (exact) mass is 192 g/mol. The number of carbonyl (C=O) groups excluding carboxylic acids is 1. The van der Waals surface area contributed by atoms with Crippen LogP contribution in [-0.2, 0) is 14.4 Å². The van der Waals surface area contributed by atoms with Crippen LogP contribution in [0, 0.1) is 0 Å². The SMILES string of the molecule is CC(=O)SC(CC(=O)O)C(=O)O. The van der Waals surface area contributed by atoms with Crippen molar-refractivity contribution in [2.45, 2.75) is 18.6 Å². The predicted octanol–water partition coefficient (Wildman–Crippen LogP) is 0.194. The van der Waals surface area contributed by atoms with E-state index < -0.39 is 28.7 Å². The quantitative estimate of drug-likeness (QED) is 0.660. The molecule has 6 heteroatoms. The average Bonchev–Trinajstić information content (AvgIpc) is 1.83. The van der Waals surface area contributed by atoms with Crippen LogP contribution in [0.15, 0.2) is 0 Å². The van der Waals surface area contributed by atoms with Gasteiger partial charge in [0.15, 0.2) is 5.12 Å². The molecule has 0 saturated heterocycles. The number of thioether (sulfide) groups is 1. The van der Waals surface area contributed by atoms with E-state index in [0.29, 0.717) is 11.8 Å². The van der Waals surface area contributed by atoms with E-state index in [4.69, 9.17) is 10.2 Å². The maximum absolute atomic E-state index is 10.4. The van der Waals surface area contributed by atoms with Gasteiger partial charge in [0.05, 0.1) is 6.42 Å². The highest BCUT2D eigenvalue weighted by Gasteiger charge is 2.23. The van der Waals surface area contributed by atoms with Crippen LogP contribution in [0.1, 0.15) is 13.3 Å². The molecular formula is C6H8O5S. The van der Waals surface area contributed by atoms with Gasteiger partial charge in [0.2, 0.25) is 0 Å². The van der Waals surface area contributed by atoms with Crippen molar-refractivity contribution >= 4 is 28.8 Å². The molecule has 1 unspecified atom stereocenters. The Labute approximate surface area is 72.8 Å². The molecule has 0 aliphatic heterocycles. The largest absolute Gasteiger partial charge is 0.481 e. The number of aliphatic carboxylic acids is 2. The Balaban J connectivity index is 4.14. The highest BCUT2D eigenvalue weighted by atomic mass is 32.2. The third kappa shape index (κ3) is 4.73. The van der Waals surface area contributed by atoms with E-state index in [0.717, 1.165) is 0 Å². The maximum atomic E-state index is 10.4. The van der Waals surface area contributed by atoms with Crippen LogP contribution in [0.2, 0.25) is 0 Å². The zero-order chi connectivity index (χ0) is 9.72. The predicted molar refractivity (Wildman–Crippen MR) is 41.9 cm³/mol. The number of carboxylic acids is 2. The van der Waals surface area contributed by atoms with Crippen molar-refractivity contribution in [2.24, 2.45) is 0 Å². The fourth-order valence-corrected chi connectivity index (χ4v) is 1.27. The highest BCUT2D eigenvalue weighted by Crippen LogP contribution is 2.15. The van der Waals surface area contributed by atoms with Crippen molar-refractivity contribution < 1.29 is 24.6 Å². The number of rotatable bonds is 4. The van der Waals surface area contributed by atoms with E-state index in [2.05, 4.69) is 0 Å². The Morgan fingerprint density at radius 2 is 1.83 bits per heavy atom. The molecule has 0 aliphatic rings. The van der Waals surface area contributed by atoms with E-state index in [1.165, 1.54) is 6.92 Å². The molecule has 0 spiro atoms. The Kier molecular flexibility index (Phi) is 4.35. The molecule has 12 heavy (non-hydrogen) atoms. The number of carbonyl (C=O) groups is 3. The second kappa shape index (κ2) is 4.76. The van der Waals surface area contributed by atoms with Gasteiger partial charge < -0.3 is 10.2 Å². The summed E-state index contributed by atoms with van der Waals surface area (Å²) in [4.78, 5) is 30.9. The summed E-state index contributed by atoms with van der Waals surface area (Å²) in [6, 6.07) is 0. The fraction of sp³-hybridized carbons (Fsp3) is 0.500. The Hall–Kier alpha value is -1.04. The summed E-state index contributed by atoms with van der Waals surface area (Å²) < 4.78 is 0. The van der Waals surface area contributed by atoms with Crippen LogP contribution in [0.5, 0.6) is 0 Å². The van der Waals surface area contributed by atoms with Crippen molar-refractivity contribution in [2.75, 3.05) is 0 Å². The van der Waals surface area contributed by atoms with Crippen molar-refractivity contribution in [1.82, 2.24) is 0 Å². The molecule has 0 aliphatic carbocycles. The Morgan fingerprint density at radius 1 is 1.33 bits per heavy atom. The van der Waals surface area contributed by atoms with Crippen LogP contribution >= 0.6 is 11.8 Å². The number of hydrogen-bond acceptors (Lipinski definition) is 4. The normalized spacial score (nSPS) is 12.1. The molecule has 0 rings (SSSR count). The van der Waals surface area contributed by atoms with Crippen LogP contribution in [0.4, 0.5) is 0 Å². The molecular weight excluding hydrogens is 184 g/mol. The fourth-order valence-electron chi connectivity index (χ4n) is 0.538. The molecule has 0 amide bonds. The first-order chi connectivity index (χ1) is 5.43. The van der Waals surface area contributed by atoms with Gasteiger partial charge in [0, 0.05) is 6.92 Å². The Bertz CT molecular complexity index is 196. The van der Waals surface area contributed by atoms with Gasteiger partial charge in [0.25, 0.3) is 0 Å². The van der Waals surface area contributed by atoms with Crippen molar-refractivity contribution in [1.29, 1.82) is 0 Å². The van der Waals surface area contributed by atoms with E-state index in [1.807, 2.05) is 0 Å². The lowest BCUT2D eigenvalue weighted by atomic mass is 10.3. The summed E-state index contributed by atoms with van der Waals surface area (Å²) in [6.07, 6.45) is -0.542. The minimum Gasteiger partial charge on any atom is -0.481 e. The molecule has 68 valence electrons. The second-order valence-electron chi connectivity index (χ2n) is 2.03. The van der Waals surface area contributed by atoms with E-state index in [-0.39, 0.29) is 0 Å². The minimum atomic E-state index is -1.28. The standard InChI is InChI=1S/C6H8O5S/c1-3(7)12-4(6(10)11)2-5(8)9/h4H,2H2,1H3,(H,8,9)(H,10,11). The van der Waals surface area contributed by atoms with Gasteiger partial charge in [-0.3, -0.25) is 14.4 Å². The van der Waals surface area contributed by atoms with Gasteiger partial charge in [-0.15, -0.1) is 0 Å². The molecule has 0 aromatic heterocycles. The molecule has 0 bridgehead atoms. The summed E-state index contributed by atoms with van der Waals surface area (Å²) in [5.74, 6) is -2.51. The van der Waals surface area contributed by atoms with Crippen molar-refractivity contribution in [3.63, 3.8) is 0 Å². The summed E-state index contributed by atoms with van der Waals surface area (Å²) in [5.41, 5.74) is 0. The molecule has 0 heterocycles. The zero-order valence-electron chi connectivity index (χ0n) is 6.31. The smallest absolute Gasteiger partial charge is 0.317 e.